The second kappa shape index (κ2) is 5.64. The summed E-state index contributed by atoms with van der Waals surface area (Å²) in [7, 11) is 5.80. The first kappa shape index (κ1) is 13.9. The summed E-state index contributed by atoms with van der Waals surface area (Å²) in [5.41, 5.74) is 1.11. The first-order chi connectivity index (χ1) is 8.96. The van der Waals surface area contributed by atoms with E-state index in [0.717, 1.165) is 18.8 Å². The molecule has 1 aromatic rings. The van der Waals surface area contributed by atoms with E-state index in [-0.39, 0.29) is 0 Å². The van der Waals surface area contributed by atoms with Crippen LogP contribution in [0.4, 0.5) is 5.69 Å². The fourth-order valence-corrected chi connectivity index (χ4v) is 1.82. The highest BCUT2D eigenvalue weighted by Crippen LogP contribution is 2.18. The number of aliphatic hydroxyl groups is 1. The van der Waals surface area contributed by atoms with Crippen LogP contribution in [0.5, 0.6) is 0 Å². The van der Waals surface area contributed by atoms with Crippen LogP contribution in [0.15, 0.2) is 12.3 Å². The van der Waals surface area contributed by atoms with E-state index in [9.17, 15) is 5.11 Å². The predicted molar refractivity (Wildman–Crippen MR) is 75.8 cm³/mol. The van der Waals surface area contributed by atoms with Gasteiger partial charge in [-0.05, 0) is 25.8 Å². The summed E-state index contributed by atoms with van der Waals surface area (Å²) in [4.78, 5) is 6.42. The molecule has 1 aliphatic rings. The predicted octanol–water partition coefficient (Wildman–Crippen LogP) is -0.166. The Morgan fingerprint density at radius 3 is 2.74 bits per heavy atom. The third kappa shape index (κ3) is 3.98. The molecule has 0 aromatic carbocycles. The van der Waals surface area contributed by atoms with Crippen LogP contribution in [0.3, 0.4) is 0 Å². The zero-order valence-electron chi connectivity index (χ0n) is 11.3. The van der Waals surface area contributed by atoms with Gasteiger partial charge in [-0.2, -0.15) is 0 Å². The van der Waals surface area contributed by atoms with Gasteiger partial charge in [0.15, 0.2) is 0 Å². The van der Waals surface area contributed by atoms with Gasteiger partial charge in [-0.1, -0.05) is 11.4 Å². The van der Waals surface area contributed by atoms with E-state index in [1.54, 1.807) is 20.0 Å². The molecule has 1 saturated heterocycles. The van der Waals surface area contributed by atoms with E-state index < -0.39 is 5.60 Å². The Balaban J connectivity index is 2.34. The Hall–Kier alpha value is -1.51. The molecule has 1 N–H and O–H groups in total. The van der Waals surface area contributed by atoms with Crippen LogP contribution >= 0.6 is 0 Å². The summed E-state index contributed by atoms with van der Waals surface area (Å²) in [6, 6.07) is 1.87. The zero-order chi connectivity index (χ0) is 13.9. The van der Waals surface area contributed by atoms with E-state index in [0.29, 0.717) is 24.4 Å². The SMILES string of the molecule is [B]c1cnc(C#CC(C)(C)O)c(N2CCOCC2)c1. The number of ether oxygens (including phenoxy) is 1. The number of pyridine rings is 1. The molecule has 2 heterocycles. The van der Waals surface area contributed by atoms with E-state index in [1.165, 1.54) is 0 Å². The first-order valence-corrected chi connectivity index (χ1v) is 6.29. The molecule has 1 aromatic heterocycles. The van der Waals surface area contributed by atoms with Gasteiger partial charge in [0.2, 0.25) is 0 Å². The Morgan fingerprint density at radius 1 is 1.42 bits per heavy atom. The van der Waals surface area contributed by atoms with Crippen molar-refractivity contribution in [1.82, 2.24) is 4.98 Å². The van der Waals surface area contributed by atoms with E-state index in [1.807, 2.05) is 6.07 Å². The second-order valence-electron chi connectivity index (χ2n) is 5.04. The van der Waals surface area contributed by atoms with Gasteiger partial charge in [-0.3, -0.25) is 0 Å². The maximum atomic E-state index is 9.68. The number of rotatable bonds is 1. The van der Waals surface area contributed by atoms with Gasteiger partial charge in [0.1, 0.15) is 19.1 Å². The number of hydrogen-bond acceptors (Lipinski definition) is 4. The molecule has 0 aliphatic carbocycles. The summed E-state index contributed by atoms with van der Waals surface area (Å²) in [5, 5.41) is 9.68. The normalized spacial score (nSPS) is 15.8. The average Bonchev–Trinajstić information content (AvgIpc) is 2.37. The van der Waals surface area contributed by atoms with Crippen molar-refractivity contribution >= 4 is 19.0 Å². The molecule has 4 nitrogen and oxygen atoms in total. The van der Waals surface area contributed by atoms with Crippen molar-refractivity contribution in [3.05, 3.63) is 18.0 Å². The number of hydrogen-bond donors (Lipinski definition) is 1. The minimum absolute atomic E-state index is 0.607. The molecular weight excluding hydrogens is 239 g/mol. The number of morpholine rings is 1. The molecule has 0 saturated carbocycles. The van der Waals surface area contributed by atoms with Crippen molar-refractivity contribution in [3.63, 3.8) is 0 Å². The van der Waals surface area contributed by atoms with Crippen molar-refractivity contribution in [1.29, 1.82) is 0 Å². The summed E-state index contributed by atoms with van der Waals surface area (Å²) in [6.07, 6.45) is 1.58. The van der Waals surface area contributed by atoms with Gasteiger partial charge in [-0.25, -0.2) is 4.98 Å². The van der Waals surface area contributed by atoms with Crippen molar-refractivity contribution in [2.45, 2.75) is 19.4 Å². The molecular formula is C14H17BN2O2. The van der Waals surface area contributed by atoms with Crippen LogP contribution in [0.25, 0.3) is 0 Å². The summed E-state index contributed by atoms with van der Waals surface area (Å²) < 4.78 is 5.34. The minimum Gasteiger partial charge on any atom is -0.378 e. The first-order valence-electron chi connectivity index (χ1n) is 6.29. The molecule has 1 aliphatic heterocycles. The smallest absolute Gasteiger partial charge is 0.136 e. The fraction of sp³-hybridized carbons (Fsp3) is 0.500. The largest absolute Gasteiger partial charge is 0.378 e. The Morgan fingerprint density at radius 2 is 2.11 bits per heavy atom. The molecule has 0 unspecified atom stereocenters. The molecule has 1 fully saturated rings. The zero-order valence-corrected chi connectivity index (χ0v) is 11.3. The van der Waals surface area contributed by atoms with Gasteiger partial charge in [-0.15, -0.1) is 0 Å². The third-order valence-corrected chi connectivity index (χ3v) is 2.73. The lowest BCUT2D eigenvalue weighted by molar-refractivity contribution is 0.122. The van der Waals surface area contributed by atoms with Gasteiger partial charge < -0.3 is 14.7 Å². The maximum absolute atomic E-state index is 9.68. The number of anilines is 1. The quantitative estimate of drug-likeness (QED) is 0.560. The number of aromatic nitrogens is 1. The van der Waals surface area contributed by atoms with Crippen LogP contribution in [0.1, 0.15) is 19.5 Å². The average molecular weight is 256 g/mol. The fourth-order valence-electron chi connectivity index (χ4n) is 1.82. The highest BCUT2D eigenvalue weighted by atomic mass is 16.5. The highest BCUT2D eigenvalue weighted by molar-refractivity contribution is 6.32. The van der Waals surface area contributed by atoms with Crippen molar-refractivity contribution in [2.75, 3.05) is 31.2 Å². The van der Waals surface area contributed by atoms with Crippen molar-refractivity contribution < 1.29 is 9.84 Å². The van der Waals surface area contributed by atoms with Crippen LogP contribution in [0.2, 0.25) is 0 Å². The van der Waals surface area contributed by atoms with Crippen LogP contribution in [-0.2, 0) is 4.74 Å². The molecule has 5 heteroatoms. The Kier molecular flexibility index (Phi) is 4.13. The molecule has 0 amide bonds. The van der Waals surface area contributed by atoms with Crippen molar-refractivity contribution in [3.8, 4) is 11.8 Å². The van der Waals surface area contributed by atoms with E-state index in [4.69, 9.17) is 12.6 Å². The maximum Gasteiger partial charge on any atom is 0.136 e. The van der Waals surface area contributed by atoms with Crippen LogP contribution < -0.4 is 10.4 Å². The molecule has 2 radical (unpaired) electrons. The molecule has 0 spiro atoms. The van der Waals surface area contributed by atoms with Crippen LogP contribution in [-0.4, -0.2) is 49.8 Å². The molecule has 19 heavy (non-hydrogen) atoms. The van der Waals surface area contributed by atoms with Gasteiger partial charge in [0, 0.05) is 19.3 Å². The van der Waals surface area contributed by atoms with Crippen LogP contribution in [0, 0.1) is 11.8 Å². The molecule has 98 valence electrons. The van der Waals surface area contributed by atoms with Gasteiger partial charge in [0.25, 0.3) is 0 Å². The molecule has 0 bridgehead atoms. The number of nitrogens with zero attached hydrogens (tertiary/aromatic N) is 2. The Bertz CT molecular complexity index is 508. The Labute approximate surface area is 115 Å². The van der Waals surface area contributed by atoms with Gasteiger partial charge in [0.05, 0.1) is 18.9 Å². The lowest BCUT2D eigenvalue weighted by atomic mass is 9.97. The molecule has 2 rings (SSSR count). The van der Waals surface area contributed by atoms with E-state index in [2.05, 4.69) is 21.7 Å². The highest BCUT2D eigenvalue weighted by Gasteiger charge is 2.15. The summed E-state index contributed by atoms with van der Waals surface area (Å²) in [5.74, 6) is 5.71. The van der Waals surface area contributed by atoms with Gasteiger partial charge >= 0.3 is 0 Å². The minimum atomic E-state index is -1.04. The summed E-state index contributed by atoms with van der Waals surface area (Å²) >= 11 is 0. The topological polar surface area (TPSA) is 45.6 Å². The molecule has 0 atom stereocenters. The lowest BCUT2D eigenvalue weighted by Gasteiger charge is -2.29. The standard InChI is InChI=1S/C14H17BN2O2/c1-14(2,18)4-3-12-13(9-11(15)10-16-12)17-5-7-19-8-6-17/h9-10,18H,5-8H2,1-2H3. The second-order valence-corrected chi connectivity index (χ2v) is 5.04. The van der Waals surface area contributed by atoms with E-state index >= 15 is 0 Å². The van der Waals surface area contributed by atoms with Crippen molar-refractivity contribution in [2.24, 2.45) is 0 Å². The lowest BCUT2D eigenvalue weighted by Crippen LogP contribution is -2.37. The third-order valence-electron chi connectivity index (χ3n) is 2.73. The summed E-state index contributed by atoms with van der Waals surface area (Å²) in [6.45, 7) is 6.25. The monoisotopic (exact) mass is 256 g/mol.